The van der Waals surface area contributed by atoms with E-state index in [-0.39, 0.29) is 17.8 Å². The van der Waals surface area contributed by atoms with E-state index in [0.29, 0.717) is 16.9 Å². The van der Waals surface area contributed by atoms with Crippen molar-refractivity contribution >= 4 is 45.9 Å². The Kier molecular flexibility index (Phi) is 8.58. The van der Waals surface area contributed by atoms with Gasteiger partial charge in [-0.3, -0.25) is 4.79 Å². The molecular weight excluding hydrogens is 535 g/mol. The van der Waals surface area contributed by atoms with E-state index >= 15 is 0 Å². The normalized spacial score (nSPS) is 12.1. The number of thioether (sulfide) groups is 1. The molecule has 0 unspecified atom stereocenters. The number of carbonyl (C=O) groups is 1. The largest absolute Gasteiger partial charge is 0.483 e. The van der Waals surface area contributed by atoms with Crippen molar-refractivity contribution < 1.29 is 9.53 Å². The van der Waals surface area contributed by atoms with Gasteiger partial charge in [0.05, 0.1) is 5.75 Å². The number of aryl methyl sites for hydroxylation is 1. The molecule has 1 amide bonds. The highest BCUT2D eigenvalue weighted by Crippen LogP contribution is 2.27. The lowest BCUT2D eigenvalue weighted by Gasteiger charge is -2.15. The topological polar surface area (TPSA) is 69.0 Å². The lowest BCUT2D eigenvalue weighted by molar-refractivity contribution is -0.113. The highest BCUT2D eigenvalue weighted by molar-refractivity contribution is 14.1. The quantitative estimate of drug-likeness (QED) is 0.256. The maximum absolute atomic E-state index is 12.6. The molecule has 0 aliphatic heterocycles. The minimum atomic E-state index is -0.261. The summed E-state index contributed by atoms with van der Waals surface area (Å²) in [4.78, 5) is 12.6. The molecule has 0 aliphatic rings. The van der Waals surface area contributed by atoms with E-state index in [9.17, 15) is 4.79 Å². The molecule has 0 radical (unpaired) electrons. The van der Waals surface area contributed by atoms with E-state index < -0.39 is 0 Å². The zero-order valence-electron chi connectivity index (χ0n) is 19.1. The average Bonchev–Trinajstić information content (AvgIpc) is 3.14. The van der Waals surface area contributed by atoms with Crippen molar-refractivity contribution in [1.29, 1.82) is 0 Å². The summed E-state index contributed by atoms with van der Waals surface area (Å²) >= 11 is 3.65. The number of hydrogen-bond donors (Lipinski definition) is 1. The Labute approximate surface area is 207 Å². The number of nitrogens with one attached hydrogen (secondary N) is 1. The summed E-state index contributed by atoms with van der Waals surface area (Å²) in [6.45, 7) is 8.32. The number of carbonyl (C=O) groups excluding carboxylic acids is 1. The van der Waals surface area contributed by atoms with Crippen molar-refractivity contribution in [1.82, 2.24) is 14.8 Å². The molecule has 1 atom stereocenters. The van der Waals surface area contributed by atoms with Crippen LogP contribution in [0.1, 0.15) is 56.7 Å². The molecule has 1 aromatic heterocycles. The van der Waals surface area contributed by atoms with Gasteiger partial charge >= 0.3 is 0 Å². The number of benzene rings is 2. The number of hydrogen-bond acceptors (Lipinski definition) is 5. The van der Waals surface area contributed by atoms with Crippen LogP contribution in [-0.2, 0) is 18.3 Å². The molecular formula is C24H29IN4O2S. The Morgan fingerprint density at radius 3 is 2.53 bits per heavy atom. The molecule has 0 aliphatic carbocycles. The molecule has 1 heterocycles. The maximum Gasteiger partial charge on any atom is 0.234 e. The van der Waals surface area contributed by atoms with Crippen LogP contribution in [0.4, 0.5) is 5.69 Å². The molecule has 6 nitrogen and oxygen atoms in total. The molecule has 32 heavy (non-hydrogen) atoms. The first-order chi connectivity index (χ1) is 15.3. The molecule has 0 spiro atoms. The van der Waals surface area contributed by atoms with Gasteiger partial charge in [-0.1, -0.05) is 44.7 Å². The molecule has 0 fully saturated rings. The summed E-state index contributed by atoms with van der Waals surface area (Å²) in [5.41, 5.74) is 3.27. The number of ether oxygens (including phenoxy) is 1. The highest BCUT2D eigenvalue weighted by Gasteiger charge is 2.18. The van der Waals surface area contributed by atoms with Crippen LogP contribution in [0.2, 0.25) is 0 Å². The summed E-state index contributed by atoms with van der Waals surface area (Å²) in [6, 6.07) is 14.2. The minimum Gasteiger partial charge on any atom is -0.483 e. The number of halogens is 1. The van der Waals surface area contributed by atoms with Gasteiger partial charge in [-0.15, -0.1) is 10.2 Å². The van der Waals surface area contributed by atoms with Crippen molar-refractivity contribution in [2.24, 2.45) is 7.05 Å². The van der Waals surface area contributed by atoms with Crippen LogP contribution >= 0.6 is 34.4 Å². The first kappa shape index (κ1) is 24.6. The Morgan fingerprint density at radius 2 is 1.88 bits per heavy atom. The fourth-order valence-corrected chi connectivity index (χ4v) is 4.54. The van der Waals surface area contributed by atoms with E-state index in [1.165, 1.54) is 17.3 Å². The van der Waals surface area contributed by atoms with Gasteiger partial charge in [0.1, 0.15) is 5.75 Å². The predicted molar refractivity (Wildman–Crippen MR) is 138 cm³/mol. The predicted octanol–water partition coefficient (Wildman–Crippen LogP) is 5.98. The zero-order chi connectivity index (χ0) is 23.3. The fourth-order valence-electron chi connectivity index (χ4n) is 3.31. The standard InChI is InChI=1S/C24H29IN4O2S/c1-6-17-7-10-19(11-8-17)31-16(4)23-27-28-24(29(23)5)32-14-22(30)26-21-12-9-18(25)13-20(21)15(2)3/h7-13,15-16H,6,14H2,1-5H3,(H,26,30)/t16-/m0/s1. The number of aromatic nitrogens is 3. The van der Waals surface area contributed by atoms with Crippen LogP contribution in [0, 0.1) is 3.57 Å². The minimum absolute atomic E-state index is 0.0667. The summed E-state index contributed by atoms with van der Waals surface area (Å²) < 4.78 is 9.07. The molecule has 8 heteroatoms. The van der Waals surface area contributed by atoms with Gasteiger partial charge < -0.3 is 14.6 Å². The Hall–Kier alpha value is -2.07. The van der Waals surface area contributed by atoms with Crippen LogP contribution in [0.3, 0.4) is 0 Å². The Balaban J connectivity index is 1.60. The molecule has 1 N–H and O–H groups in total. The van der Waals surface area contributed by atoms with Gasteiger partial charge in [0.2, 0.25) is 5.91 Å². The lowest BCUT2D eigenvalue weighted by atomic mass is 10.0. The van der Waals surface area contributed by atoms with Crippen molar-refractivity contribution in [3.05, 3.63) is 63.0 Å². The van der Waals surface area contributed by atoms with Gasteiger partial charge in [0.25, 0.3) is 0 Å². The van der Waals surface area contributed by atoms with Crippen molar-refractivity contribution in [2.45, 2.75) is 51.3 Å². The first-order valence-electron chi connectivity index (χ1n) is 10.7. The van der Waals surface area contributed by atoms with Crippen molar-refractivity contribution in [3.63, 3.8) is 0 Å². The molecule has 0 saturated carbocycles. The first-order valence-corrected chi connectivity index (χ1v) is 12.7. The van der Waals surface area contributed by atoms with Crippen LogP contribution in [0.5, 0.6) is 5.75 Å². The van der Waals surface area contributed by atoms with Crippen molar-refractivity contribution in [2.75, 3.05) is 11.1 Å². The van der Waals surface area contributed by atoms with E-state index in [1.807, 2.05) is 42.8 Å². The van der Waals surface area contributed by atoms with E-state index in [0.717, 1.165) is 27.0 Å². The van der Waals surface area contributed by atoms with Gasteiger partial charge in [-0.05, 0) is 83.3 Å². The van der Waals surface area contributed by atoms with E-state index in [4.69, 9.17) is 4.74 Å². The number of anilines is 1. The fraction of sp³-hybridized carbons (Fsp3) is 0.375. The second kappa shape index (κ2) is 11.2. The average molecular weight is 564 g/mol. The molecule has 0 saturated heterocycles. The molecule has 2 aromatic carbocycles. The molecule has 3 aromatic rings. The van der Waals surface area contributed by atoms with Gasteiger partial charge in [-0.25, -0.2) is 0 Å². The summed E-state index contributed by atoms with van der Waals surface area (Å²) in [6.07, 6.45) is 0.735. The second-order valence-corrected chi connectivity index (χ2v) is 10.1. The zero-order valence-corrected chi connectivity index (χ0v) is 22.0. The van der Waals surface area contributed by atoms with Crippen LogP contribution in [0.25, 0.3) is 0 Å². The second-order valence-electron chi connectivity index (χ2n) is 7.88. The van der Waals surface area contributed by atoms with Gasteiger partial charge in [-0.2, -0.15) is 0 Å². The summed E-state index contributed by atoms with van der Waals surface area (Å²) in [5.74, 6) is 2.03. The van der Waals surface area contributed by atoms with Crippen LogP contribution in [-0.4, -0.2) is 26.4 Å². The molecule has 170 valence electrons. The lowest BCUT2D eigenvalue weighted by Crippen LogP contribution is -2.16. The van der Waals surface area contributed by atoms with Crippen molar-refractivity contribution in [3.8, 4) is 5.75 Å². The van der Waals surface area contributed by atoms with Crippen LogP contribution < -0.4 is 10.1 Å². The third-order valence-electron chi connectivity index (χ3n) is 5.12. The molecule has 0 bridgehead atoms. The summed E-state index contributed by atoms with van der Waals surface area (Å²) in [5, 5.41) is 12.3. The summed E-state index contributed by atoms with van der Waals surface area (Å²) in [7, 11) is 1.89. The van der Waals surface area contributed by atoms with Gasteiger partial charge in [0.15, 0.2) is 17.1 Å². The number of rotatable bonds is 9. The third kappa shape index (κ3) is 6.25. The number of nitrogens with zero attached hydrogens (tertiary/aromatic N) is 3. The highest BCUT2D eigenvalue weighted by atomic mass is 127. The third-order valence-corrected chi connectivity index (χ3v) is 6.81. The van der Waals surface area contributed by atoms with E-state index in [2.05, 4.69) is 77.1 Å². The molecule has 3 rings (SSSR count). The van der Waals surface area contributed by atoms with Gasteiger partial charge in [0, 0.05) is 16.3 Å². The maximum atomic E-state index is 12.6. The monoisotopic (exact) mass is 564 g/mol. The number of amides is 1. The Bertz CT molecular complexity index is 1070. The smallest absolute Gasteiger partial charge is 0.234 e. The van der Waals surface area contributed by atoms with E-state index in [1.54, 1.807) is 0 Å². The van der Waals surface area contributed by atoms with Crippen LogP contribution in [0.15, 0.2) is 47.6 Å². The SMILES string of the molecule is CCc1ccc(O[C@@H](C)c2nnc(SCC(=O)Nc3ccc(I)cc3C(C)C)n2C)cc1. The Morgan fingerprint density at radius 1 is 1.16 bits per heavy atom.